The first-order valence-corrected chi connectivity index (χ1v) is 22.0. The molecule has 330 valence electrons. The molecule has 3 aliphatic rings. The first-order chi connectivity index (χ1) is 29.3. The minimum Gasteiger partial charge on any atom is -0.492 e. The van der Waals surface area contributed by atoms with Gasteiger partial charge in [-0.2, -0.15) is 0 Å². The zero-order valence-corrected chi connectivity index (χ0v) is 35.9. The molecule has 0 radical (unpaired) electrons. The number of nitrogens with zero attached hydrogens (tertiary/aromatic N) is 1. The van der Waals surface area contributed by atoms with Gasteiger partial charge in [0.25, 0.3) is 0 Å². The highest BCUT2D eigenvalue weighted by Crippen LogP contribution is 2.29. The van der Waals surface area contributed by atoms with E-state index in [1.807, 2.05) is 75.4 Å². The van der Waals surface area contributed by atoms with Crippen molar-refractivity contribution in [3.63, 3.8) is 0 Å². The van der Waals surface area contributed by atoms with Gasteiger partial charge in [0.2, 0.25) is 5.91 Å². The summed E-state index contributed by atoms with van der Waals surface area (Å²) in [5, 5.41) is 40.0. The summed E-state index contributed by atoms with van der Waals surface area (Å²) in [5.74, 6) is -2.62. The Morgan fingerprint density at radius 3 is 1.28 bits per heavy atom. The molecule has 3 aliphatic heterocycles. The fraction of sp³-hybridized carbons (Fsp3) is 0.542. The van der Waals surface area contributed by atoms with E-state index in [9.17, 15) is 34.5 Å². The highest BCUT2D eigenvalue weighted by molar-refractivity contribution is 5.79. The molecule has 6 atom stereocenters. The summed E-state index contributed by atoms with van der Waals surface area (Å²) in [7, 11) is 0. The normalized spacial score (nSPS) is 20.2. The van der Waals surface area contributed by atoms with Gasteiger partial charge in [-0.05, 0) is 174 Å². The number of carboxylic acid groups (broad SMARTS) is 3. The first kappa shape index (κ1) is 45.5. The van der Waals surface area contributed by atoms with Crippen molar-refractivity contribution in [2.24, 2.45) is 35.5 Å². The number of hydrogen-bond donors (Lipinski definition) is 6. The van der Waals surface area contributed by atoms with Gasteiger partial charge in [-0.25, -0.2) is 0 Å². The maximum absolute atomic E-state index is 14.2. The van der Waals surface area contributed by atoms with E-state index in [0.717, 1.165) is 77.8 Å². The van der Waals surface area contributed by atoms with E-state index in [2.05, 4.69) is 16.0 Å². The third-order valence-electron chi connectivity index (χ3n) is 12.7. The van der Waals surface area contributed by atoms with Crippen LogP contribution in [-0.2, 0) is 44.9 Å². The van der Waals surface area contributed by atoms with Crippen LogP contribution in [0, 0.1) is 56.3 Å². The van der Waals surface area contributed by atoms with Crippen molar-refractivity contribution in [3.8, 4) is 11.5 Å². The lowest BCUT2D eigenvalue weighted by Gasteiger charge is -2.24. The number of nitrogens with one attached hydrogen (secondary N) is 3. The van der Waals surface area contributed by atoms with Gasteiger partial charge in [0.05, 0.1) is 37.3 Å². The van der Waals surface area contributed by atoms with Crippen LogP contribution in [0.15, 0.2) is 54.6 Å². The molecule has 3 aromatic rings. The number of carbonyl (C=O) groups excluding carboxylic acids is 1. The molecule has 3 saturated heterocycles. The monoisotopic (exact) mass is 840 g/mol. The number of hydrogen-bond acceptors (Lipinski definition) is 9. The van der Waals surface area contributed by atoms with Crippen LogP contribution < -0.4 is 25.4 Å². The SMILES string of the molecule is Cc1cc(CC(=O)N(CCOc2cc(C)cc(CC(C(=O)O)C3CCNC3)c2)CCOc2cc(C)cc(CC(C(=O)O)C3CCNC3)c2)cc(CC(C(=O)O)C2CCNC2)c1. The summed E-state index contributed by atoms with van der Waals surface area (Å²) in [6.07, 6.45) is 3.80. The van der Waals surface area contributed by atoms with Crippen LogP contribution in [-0.4, -0.2) is 110 Å². The minimum absolute atomic E-state index is 0.0546. The van der Waals surface area contributed by atoms with E-state index >= 15 is 0 Å². The van der Waals surface area contributed by atoms with Crippen molar-refractivity contribution in [1.29, 1.82) is 0 Å². The van der Waals surface area contributed by atoms with E-state index in [4.69, 9.17) is 9.47 Å². The largest absolute Gasteiger partial charge is 0.492 e. The van der Waals surface area contributed by atoms with E-state index in [-0.39, 0.29) is 56.4 Å². The molecule has 0 saturated carbocycles. The molecule has 0 aliphatic carbocycles. The molecule has 6 N–H and O–H groups in total. The molecule has 13 heteroatoms. The maximum Gasteiger partial charge on any atom is 0.307 e. The van der Waals surface area contributed by atoms with Crippen molar-refractivity contribution in [3.05, 3.63) is 93.5 Å². The predicted molar refractivity (Wildman–Crippen MR) is 232 cm³/mol. The van der Waals surface area contributed by atoms with Crippen LogP contribution in [0.1, 0.15) is 58.2 Å². The standard InChI is InChI=1S/C48H64N4O9/c1-30-14-33(23-42(46(54)55)37-4-7-49-27-37)20-34(15-30)26-45(53)52(10-12-60-40-18-31(2)16-35(21-40)24-43(47(56)57)38-5-8-50-28-38)11-13-61-41-19-32(3)17-36(22-41)25-44(48(58)59)39-6-9-51-29-39/h14-22,37-39,42-44,49-51H,4-13,23-29H2,1-3H3,(H,54,55)(H,56,57)(H,58,59). The Morgan fingerprint density at radius 1 is 0.557 bits per heavy atom. The molecule has 3 aromatic carbocycles. The summed E-state index contributed by atoms with van der Waals surface area (Å²) < 4.78 is 12.5. The van der Waals surface area contributed by atoms with Gasteiger partial charge in [-0.1, -0.05) is 35.9 Å². The summed E-state index contributed by atoms with van der Waals surface area (Å²) >= 11 is 0. The minimum atomic E-state index is -0.805. The van der Waals surface area contributed by atoms with Crippen molar-refractivity contribution in [2.45, 2.75) is 65.7 Å². The topological polar surface area (TPSA) is 187 Å². The average molecular weight is 841 g/mol. The first-order valence-electron chi connectivity index (χ1n) is 22.0. The number of benzene rings is 3. The second-order valence-corrected chi connectivity index (χ2v) is 17.6. The van der Waals surface area contributed by atoms with Gasteiger partial charge in [0, 0.05) is 0 Å². The lowest BCUT2D eigenvalue weighted by atomic mass is 9.85. The Bertz CT molecular complexity index is 1900. The van der Waals surface area contributed by atoms with Crippen LogP contribution in [0.3, 0.4) is 0 Å². The fourth-order valence-electron chi connectivity index (χ4n) is 9.60. The second-order valence-electron chi connectivity index (χ2n) is 17.6. The number of rotatable bonds is 22. The molecule has 6 rings (SSSR count). The van der Waals surface area contributed by atoms with E-state index < -0.39 is 35.7 Å². The summed E-state index contributed by atoms with van der Waals surface area (Å²) in [6.45, 7) is 11.3. The highest BCUT2D eigenvalue weighted by Gasteiger charge is 2.33. The Balaban J connectivity index is 1.15. The molecular formula is C48H64N4O9. The van der Waals surface area contributed by atoms with Gasteiger partial charge in [-0.3, -0.25) is 19.2 Å². The zero-order chi connectivity index (χ0) is 43.5. The Hall–Kier alpha value is -4.98. The maximum atomic E-state index is 14.2. The second kappa shape index (κ2) is 21.7. The molecular weight excluding hydrogens is 777 g/mol. The molecule has 0 bridgehead atoms. The average Bonchev–Trinajstić information content (AvgIpc) is 4.02. The molecule has 1 amide bonds. The van der Waals surface area contributed by atoms with Gasteiger partial charge >= 0.3 is 17.9 Å². The number of aliphatic carboxylic acids is 3. The van der Waals surface area contributed by atoms with Crippen LogP contribution >= 0.6 is 0 Å². The van der Waals surface area contributed by atoms with Crippen LogP contribution in [0.5, 0.6) is 11.5 Å². The van der Waals surface area contributed by atoms with Crippen LogP contribution in [0.2, 0.25) is 0 Å². The van der Waals surface area contributed by atoms with Gasteiger partial charge in [-0.15, -0.1) is 0 Å². The lowest BCUT2D eigenvalue weighted by Crippen LogP contribution is -2.38. The number of ether oxygens (including phenoxy) is 2. The quantitative estimate of drug-likeness (QED) is 0.0821. The van der Waals surface area contributed by atoms with Gasteiger partial charge < -0.3 is 45.6 Å². The number of aryl methyl sites for hydroxylation is 3. The van der Waals surface area contributed by atoms with Gasteiger partial charge in [0.1, 0.15) is 24.7 Å². The molecule has 0 spiro atoms. The number of carboxylic acids is 3. The molecule has 3 fully saturated rings. The van der Waals surface area contributed by atoms with Crippen molar-refractivity contribution >= 4 is 23.8 Å². The van der Waals surface area contributed by atoms with Crippen molar-refractivity contribution in [2.75, 3.05) is 65.6 Å². The van der Waals surface area contributed by atoms with E-state index in [1.54, 1.807) is 4.90 Å². The highest BCUT2D eigenvalue weighted by atomic mass is 16.5. The van der Waals surface area contributed by atoms with Crippen LogP contribution in [0.4, 0.5) is 0 Å². The Kier molecular flexibility index (Phi) is 16.2. The molecule has 13 nitrogen and oxygen atoms in total. The lowest BCUT2D eigenvalue weighted by molar-refractivity contribution is -0.144. The third-order valence-corrected chi connectivity index (χ3v) is 12.7. The smallest absolute Gasteiger partial charge is 0.307 e. The van der Waals surface area contributed by atoms with Gasteiger partial charge in [0.15, 0.2) is 0 Å². The number of carbonyl (C=O) groups is 4. The number of amides is 1. The Morgan fingerprint density at radius 2 is 0.918 bits per heavy atom. The van der Waals surface area contributed by atoms with E-state index in [1.165, 1.54) is 0 Å². The van der Waals surface area contributed by atoms with E-state index in [0.29, 0.717) is 50.4 Å². The molecule has 0 aromatic heterocycles. The Labute approximate surface area is 359 Å². The molecule has 61 heavy (non-hydrogen) atoms. The van der Waals surface area contributed by atoms with Crippen molar-refractivity contribution < 1.29 is 44.0 Å². The summed E-state index contributed by atoms with van der Waals surface area (Å²) in [5.41, 5.74) is 6.37. The molecule has 3 heterocycles. The van der Waals surface area contributed by atoms with Crippen LogP contribution in [0.25, 0.3) is 0 Å². The molecule has 6 unspecified atom stereocenters. The third kappa shape index (κ3) is 13.3. The summed E-state index contributed by atoms with van der Waals surface area (Å²) in [6, 6.07) is 17.6. The zero-order valence-electron chi connectivity index (χ0n) is 35.9. The summed E-state index contributed by atoms with van der Waals surface area (Å²) in [4.78, 5) is 52.7. The fourth-order valence-corrected chi connectivity index (χ4v) is 9.60. The van der Waals surface area contributed by atoms with Crippen molar-refractivity contribution in [1.82, 2.24) is 20.9 Å². The predicted octanol–water partition coefficient (Wildman–Crippen LogP) is 4.70.